The number of amides is 2. The zero-order chi connectivity index (χ0) is 18.1. The molecule has 1 fully saturated rings. The number of piperidine rings is 1. The Bertz CT molecular complexity index is 556. The van der Waals surface area contributed by atoms with Gasteiger partial charge < -0.3 is 16.0 Å². The lowest BCUT2D eigenvalue weighted by atomic mass is 9.85. The largest absolute Gasteiger partial charge is 0.356 e. The average Bonchev–Trinajstić information content (AvgIpc) is 2.62. The van der Waals surface area contributed by atoms with Crippen LogP contribution in [0.5, 0.6) is 0 Å². The summed E-state index contributed by atoms with van der Waals surface area (Å²) in [6, 6.07) is 5.43. The molecule has 0 saturated carbocycles. The van der Waals surface area contributed by atoms with Crippen LogP contribution in [-0.4, -0.2) is 38.0 Å². The van der Waals surface area contributed by atoms with Gasteiger partial charge in [-0.2, -0.15) is 0 Å². The molecule has 1 aliphatic heterocycles. The van der Waals surface area contributed by atoms with Gasteiger partial charge in [0.05, 0.1) is 0 Å². The molecule has 0 radical (unpaired) electrons. The van der Waals surface area contributed by atoms with Gasteiger partial charge in [-0.25, -0.2) is 4.39 Å². The van der Waals surface area contributed by atoms with E-state index in [0.29, 0.717) is 43.3 Å². The first-order valence-electron chi connectivity index (χ1n) is 9.07. The maximum absolute atomic E-state index is 12.8. The lowest BCUT2D eigenvalue weighted by Crippen LogP contribution is -2.36. The molecular formula is C19H28FN3O2. The number of carbonyl (C=O) groups excluding carboxylic acids is 2. The first-order valence-corrected chi connectivity index (χ1v) is 9.07. The van der Waals surface area contributed by atoms with Gasteiger partial charge in [0.25, 0.3) is 5.91 Å². The van der Waals surface area contributed by atoms with Gasteiger partial charge in [0.1, 0.15) is 5.82 Å². The normalized spacial score (nSPS) is 18.4. The summed E-state index contributed by atoms with van der Waals surface area (Å²) < 4.78 is 12.8. The third-order valence-electron chi connectivity index (χ3n) is 4.71. The molecule has 1 saturated heterocycles. The molecule has 0 aromatic heterocycles. The lowest BCUT2D eigenvalue weighted by molar-refractivity contribution is -0.122. The molecule has 0 spiro atoms. The van der Waals surface area contributed by atoms with Crippen LogP contribution >= 0.6 is 0 Å². The predicted molar refractivity (Wildman–Crippen MR) is 95.7 cm³/mol. The Balaban J connectivity index is 1.56. The molecule has 1 aliphatic rings. The fraction of sp³-hybridized carbons (Fsp3) is 0.579. The van der Waals surface area contributed by atoms with Crippen LogP contribution in [0.1, 0.15) is 43.0 Å². The molecule has 138 valence electrons. The summed E-state index contributed by atoms with van der Waals surface area (Å²) in [5, 5.41) is 9.06. The summed E-state index contributed by atoms with van der Waals surface area (Å²) in [5.41, 5.74) is 0.431. The smallest absolute Gasteiger partial charge is 0.251 e. The Morgan fingerprint density at radius 3 is 2.64 bits per heavy atom. The molecule has 25 heavy (non-hydrogen) atoms. The average molecular weight is 349 g/mol. The van der Waals surface area contributed by atoms with Crippen molar-refractivity contribution in [3.63, 3.8) is 0 Å². The second-order valence-corrected chi connectivity index (χ2v) is 6.75. The summed E-state index contributed by atoms with van der Waals surface area (Å²) in [5.74, 6) is 0.436. The van der Waals surface area contributed by atoms with Crippen LogP contribution in [0.15, 0.2) is 24.3 Å². The molecule has 3 N–H and O–H groups in total. The fourth-order valence-corrected chi connectivity index (χ4v) is 3.12. The predicted octanol–water partition coefficient (Wildman–Crippen LogP) is 2.09. The molecule has 1 heterocycles. The number of benzene rings is 1. The van der Waals surface area contributed by atoms with Gasteiger partial charge in [0.15, 0.2) is 0 Å². The Hall–Kier alpha value is -1.95. The monoisotopic (exact) mass is 349 g/mol. The van der Waals surface area contributed by atoms with E-state index in [2.05, 4.69) is 22.9 Å². The van der Waals surface area contributed by atoms with Crippen molar-refractivity contribution in [2.24, 2.45) is 11.8 Å². The summed E-state index contributed by atoms with van der Waals surface area (Å²) in [7, 11) is 0. The highest BCUT2D eigenvalue weighted by atomic mass is 19.1. The Morgan fingerprint density at radius 1 is 1.24 bits per heavy atom. The van der Waals surface area contributed by atoms with Crippen LogP contribution in [0, 0.1) is 17.7 Å². The quantitative estimate of drug-likeness (QED) is 0.630. The van der Waals surface area contributed by atoms with Crippen molar-refractivity contribution in [2.75, 3.05) is 26.2 Å². The molecule has 2 amide bonds. The highest BCUT2D eigenvalue weighted by Crippen LogP contribution is 2.22. The Labute approximate surface area is 148 Å². The summed E-state index contributed by atoms with van der Waals surface area (Å²) in [4.78, 5) is 23.8. The first kappa shape index (κ1) is 19.4. The van der Waals surface area contributed by atoms with Crippen LogP contribution in [0.25, 0.3) is 0 Å². The zero-order valence-electron chi connectivity index (χ0n) is 14.8. The number of halogens is 1. The van der Waals surface area contributed by atoms with Crippen molar-refractivity contribution in [1.82, 2.24) is 16.0 Å². The molecule has 6 heteroatoms. The molecular weight excluding hydrogens is 321 g/mol. The highest BCUT2D eigenvalue weighted by molar-refractivity contribution is 5.94. The van der Waals surface area contributed by atoms with Crippen molar-refractivity contribution in [2.45, 2.75) is 32.6 Å². The number of hydrogen-bond acceptors (Lipinski definition) is 3. The van der Waals surface area contributed by atoms with E-state index < -0.39 is 0 Å². The molecule has 5 nitrogen and oxygen atoms in total. The van der Waals surface area contributed by atoms with Crippen LogP contribution in [0.4, 0.5) is 4.39 Å². The number of carbonyl (C=O) groups is 2. The van der Waals surface area contributed by atoms with E-state index in [1.165, 1.54) is 37.1 Å². The minimum absolute atomic E-state index is 0.0722. The number of rotatable bonds is 8. The van der Waals surface area contributed by atoms with Crippen molar-refractivity contribution < 1.29 is 14.0 Å². The second kappa shape index (κ2) is 10.1. The zero-order valence-corrected chi connectivity index (χ0v) is 14.8. The SMILES string of the molecule is CC(CC(=O)NCCCNC(=O)c1ccc(F)cc1)C1CCCNC1. The van der Waals surface area contributed by atoms with E-state index in [4.69, 9.17) is 0 Å². The van der Waals surface area contributed by atoms with Gasteiger partial charge in [-0.15, -0.1) is 0 Å². The molecule has 0 aliphatic carbocycles. The minimum atomic E-state index is -0.363. The summed E-state index contributed by atoms with van der Waals surface area (Å²) in [6.45, 7) is 5.24. The number of nitrogens with one attached hydrogen (secondary N) is 3. The molecule has 2 atom stereocenters. The number of hydrogen-bond donors (Lipinski definition) is 3. The van der Waals surface area contributed by atoms with Crippen molar-refractivity contribution in [1.29, 1.82) is 0 Å². The Morgan fingerprint density at radius 2 is 1.96 bits per heavy atom. The van der Waals surface area contributed by atoms with Crippen molar-refractivity contribution in [3.8, 4) is 0 Å². The molecule has 1 aromatic rings. The van der Waals surface area contributed by atoms with Crippen LogP contribution in [-0.2, 0) is 4.79 Å². The highest BCUT2D eigenvalue weighted by Gasteiger charge is 2.21. The van der Waals surface area contributed by atoms with E-state index in [-0.39, 0.29) is 17.6 Å². The van der Waals surface area contributed by atoms with E-state index >= 15 is 0 Å². The molecule has 2 rings (SSSR count). The van der Waals surface area contributed by atoms with Crippen molar-refractivity contribution in [3.05, 3.63) is 35.6 Å². The van der Waals surface area contributed by atoms with Crippen molar-refractivity contribution >= 4 is 11.8 Å². The van der Waals surface area contributed by atoms with Gasteiger partial charge in [-0.1, -0.05) is 6.92 Å². The third-order valence-corrected chi connectivity index (χ3v) is 4.71. The third kappa shape index (κ3) is 6.82. The van der Waals surface area contributed by atoms with Gasteiger partial charge in [-0.05, 0) is 68.5 Å². The van der Waals surface area contributed by atoms with Gasteiger partial charge in [0.2, 0.25) is 5.91 Å². The van der Waals surface area contributed by atoms with E-state index in [1.54, 1.807) is 0 Å². The molecule has 0 bridgehead atoms. The maximum Gasteiger partial charge on any atom is 0.251 e. The van der Waals surface area contributed by atoms with E-state index in [9.17, 15) is 14.0 Å². The van der Waals surface area contributed by atoms with Crippen LogP contribution in [0.3, 0.4) is 0 Å². The molecule has 1 aromatic carbocycles. The first-order chi connectivity index (χ1) is 12.1. The van der Waals surface area contributed by atoms with Gasteiger partial charge in [0, 0.05) is 25.1 Å². The lowest BCUT2D eigenvalue weighted by Gasteiger charge is -2.28. The summed E-state index contributed by atoms with van der Waals surface area (Å²) >= 11 is 0. The van der Waals surface area contributed by atoms with E-state index in [0.717, 1.165) is 13.1 Å². The minimum Gasteiger partial charge on any atom is -0.356 e. The standard InChI is InChI=1S/C19H28FN3O2/c1-14(16-4-2-9-21-13-16)12-18(24)22-10-3-11-23-19(25)15-5-7-17(20)8-6-15/h5-8,14,16,21H,2-4,9-13H2,1H3,(H,22,24)(H,23,25). The Kier molecular flexibility index (Phi) is 7.85. The topological polar surface area (TPSA) is 70.2 Å². The second-order valence-electron chi connectivity index (χ2n) is 6.75. The van der Waals surface area contributed by atoms with Crippen LogP contribution in [0.2, 0.25) is 0 Å². The van der Waals surface area contributed by atoms with Crippen LogP contribution < -0.4 is 16.0 Å². The maximum atomic E-state index is 12.8. The summed E-state index contributed by atoms with van der Waals surface area (Å²) in [6.07, 6.45) is 3.59. The van der Waals surface area contributed by atoms with Gasteiger partial charge in [-0.3, -0.25) is 9.59 Å². The van der Waals surface area contributed by atoms with Gasteiger partial charge >= 0.3 is 0 Å². The van der Waals surface area contributed by atoms with E-state index in [1.807, 2.05) is 0 Å². The molecule has 2 unspecified atom stereocenters. The fourth-order valence-electron chi connectivity index (χ4n) is 3.12.